The lowest BCUT2D eigenvalue weighted by Gasteiger charge is -2.20. The lowest BCUT2D eigenvalue weighted by atomic mass is 10.2. The van der Waals surface area contributed by atoms with Crippen LogP contribution in [0.1, 0.15) is 18.9 Å². The Hall–Kier alpha value is -0.720. The van der Waals surface area contributed by atoms with Crippen molar-refractivity contribution < 1.29 is 24.0 Å². The molecule has 0 unspecified atom stereocenters. The van der Waals surface area contributed by atoms with Crippen molar-refractivity contribution in [3.63, 3.8) is 0 Å². The van der Waals surface area contributed by atoms with Gasteiger partial charge in [0.15, 0.2) is 0 Å². The van der Waals surface area contributed by atoms with E-state index >= 15 is 0 Å². The highest BCUT2D eigenvalue weighted by Gasteiger charge is 2.15. The molecule has 0 aromatic heterocycles. The highest BCUT2D eigenvalue weighted by molar-refractivity contribution is 9.10. The molecule has 0 aliphatic heterocycles. The van der Waals surface area contributed by atoms with Crippen molar-refractivity contribution >= 4 is 29.4 Å². The summed E-state index contributed by atoms with van der Waals surface area (Å²) in [5.41, 5.74) is 0.889. The minimum Gasteiger partial charge on any atom is -0.324 e. The molecule has 0 atom stereocenters. The number of nitrogens with zero attached hydrogens (tertiary/aromatic N) is 1. The Morgan fingerprint density at radius 2 is 2.15 bits per heavy atom. The van der Waals surface area contributed by atoms with E-state index in [9.17, 15) is 9.36 Å². The first-order valence-electron chi connectivity index (χ1n) is 5.98. The summed E-state index contributed by atoms with van der Waals surface area (Å²) in [7, 11) is -4.04. The van der Waals surface area contributed by atoms with Gasteiger partial charge in [-0.25, -0.2) is 5.06 Å². The lowest BCUT2D eigenvalue weighted by Crippen LogP contribution is -2.30. The van der Waals surface area contributed by atoms with Gasteiger partial charge in [0.25, 0.3) is 0 Å². The number of rotatable bonds is 7. The Balaban J connectivity index is 2.47. The van der Waals surface area contributed by atoms with E-state index in [-0.39, 0.29) is 31.6 Å². The summed E-state index contributed by atoms with van der Waals surface area (Å²) in [6, 6.07) is 7.47. The quantitative estimate of drug-likeness (QED) is 0.571. The summed E-state index contributed by atoms with van der Waals surface area (Å²) in [4.78, 5) is 34.3. The van der Waals surface area contributed by atoms with Gasteiger partial charge in [0, 0.05) is 17.9 Å². The third-order valence-electron chi connectivity index (χ3n) is 2.44. The van der Waals surface area contributed by atoms with Crippen LogP contribution in [-0.2, 0) is 20.8 Å². The third kappa shape index (κ3) is 7.17. The molecule has 112 valence electrons. The van der Waals surface area contributed by atoms with Gasteiger partial charge in [0.2, 0.25) is 5.91 Å². The molecule has 20 heavy (non-hydrogen) atoms. The molecule has 0 aliphatic rings. The predicted octanol–water partition coefficient (Wildman–Crippen LogP) is 2.30. The number of benzene rings is 1. The van der Waals surface area contributed by atoms with Gasteiger partial charge in [0.1, 0.15) is 6.61 Å². The van der Waals surface area contributed by atoms with Gasteiger partial charge >= 0.3 is 7.60 Å². The van der Waals surface area contributed by atoms with Crippen molar-refractivity contribution in [3.05, 3.63) is 34.3 Å². The van der Waals surface area contributed by atoms with Crippen LogP contribution in [-0.4, -0.2) is 33.5 Å². The van der Waals surface area contributed by atoms with Crippen LogP contribution in [0.4, 0.5) is 0 Å². The molecular formula is C12H17BrNO5P. The molecule has 0 fully saturated rings. The Bertz CT molecular complexity index is 504. The predicted molar refractivity (Wildman–Crippen MR) is 77.8 cm³/mol. The number of carbonyl (C=O) groups excluding carboxylic acids is 1. The van der Waals surface area contributed by atoms with Gasteiger partial charge < -0.3 is 9.79 Å². The van der Waals surface area contributed by atoms with Gasteiger partial charge in [0.05, 0.1) is 6.16 Å². The van der Waals surface area contributed by atoms with E-state index in [0.29, 0.717) is 0 Å². The number of hydrogen-bond donors (Lipinski definition) is 2. The molecular weight excluding hydrogens is 349 g/mol. The third-order valence-corrected chi connectivity index (χ3v) is 3.83. The molecule has 1 aromatic carbocycles. The van der Waals surface area contributed by atoms with Gasteiger partial charge in [-0.15, -0.1) is 0 Å². The fourth-order valence-corrected chi connectivity index (χ4v) is 2.51. The second-order valence-electron chi connectivity index (χ2n) is 4.27. The normalized spacial score (nSPS) is 11.4. The molecule has 0 aliphatic carbocycles. The molecule has 0 spiro atoms. The molecule has 2 N–H and O–H groups in total. The summed E-state index contributed by atoms with van der Waals surface area (Å²) in [6.07, 6.45) is -0.0840. The lowest BCUT2D eigenvalue weighted by molar-refractivity contribution is -0.189. The van der Waals surface area contributed by atoms with Crippen LogP contribution in [0.2, 0.25) is 0 Å². The average molecular weight is 366 g/mol. The standard InChI is InChI=1S/C12H17BrNO5P/c1-10(15)14(6-3-7-20(16,17)18)19-9-11-4-2-5-12(13)8-11/h2,4-5,8H,3,6-7,9H2,1H3,(H2,16,17,18). The molecule has 0 saturated carbocycles. The SMILES string of the molecule is CC(=O)N(CCCP(=O)(O)O)OCc1cccc(Br)c1. The van der Waals surface area contributed by atoms with Crippen LogP contribution >= 0.6 is 23.5 Å². The maximum absolute atomic E-state index is 11.4. The van der Waals surface area contributed by atoms with Crippen LogP contribution in [0.5, 0.6) is 0 Å². The Labute approximate surface area is 126 Å². The monoisotopic (exact) mass is 365 g/mol. The number of carbonyl (C=O) groups is 1. The van der Waals surface area contributed by atoms with Crippen molar-refractivity contribution in [2.45, 2.75) is 20.0 Å². The summed E-state index contributed by atoms with van der Waals surface area (Å²) >= 11 is 3.34. The molecule has 0 saturated heterocycles. The first-order valence-corrected chi connectivity index (χ1v) is 8.57. The fraction of sp³-hybridized carbons (Fsp3) is 0.417. The van der Waals surface area contributed by atoms with Gasteiger partial charge in [-0.1, -0.05) is 28.1 Å². The minimum absolute atomic E-state index is 0.147. The second kappa shape index (κ2) is 7.90. The largest absolute Gasteiger partial charge is 0.325 e. The molecule has 6 nitrogen and oxygen atoms in total. The van der Waals surface area contributed by atoms with E-state index in [1.54, 1.807) is 0 Å². The van der Waals surface area contributed by atoms with Crippen molar-refractivity contribution in [3.8, 4) is 0 Å². The number of hydrogen-bond acceptors (Lipinski definition) is 3. The van der Waals surface area contributed by atoms with E-state index in [2.05, 4.69) is 15.9 Å². The van der Waals surface area contributed by atoms with Crippen molar-refractivity contribution in [2.75, 3.05) is 12.7 Å². The zero-order valence-corrected chi connectivity index (χ0v) is 13.5. The summed E-state index contributed by atoms with van der Waals surface area (Å²) < 4.78 is 11.7. The molecule has 1 aromatic rings. The van der Waals surface area contributed by atoms with Crippen molar-refractivity contribution in [1.29, 1.82) is 0 Å². The minimum atomic E-state index is -4.04. The topological polar surface area (TPSA) is 87.1 Å². The van der Waals surface area contributed by atoms with Crippen LogP contribution in [0.25, 0.3) is 0 Å². The van der Waals surface area contributed by atoms with E-state index in [1.807, 2.05) is 24.3 Å². The van der Waals surface area contributed by atoms with Crippen molar-refractivity contribution in [1.82, 2.24) is 5.06 Å². The van der Waals surface area contributed by atoms with E-state index < -0.39 is 7.60 Å². The maximum Gasteiger partial charge on any atom is 0.325 e. The van der Waals surface area contributed by atoms with E-state index in [4.69, 9.17) is 14.6 Å². The molecule has 0 heterocycles. The van der Waals surface area contributed by atoms with Gasteiger partial charge in [-0.05, 0) is 24.1 Å². The molecule has 1 rings (SSSR count). The smallest absolute Gasteiger partial charge is 0.324 e. The van der Waals surface area contributed by atoms with E-state index in [0.717, 1.165) is 15.1 Å². The van der Waals surface area contributed by atoms with Crippen molar-refractivity contribution in [2.24, 2.45) is 0 Å². The fourth-order valence-electron chi connectivity index (χ4n) is 1.51. The number of halogens is 1. The number of amides is 1. The Morgan fingerprint density at radius 3 is 2.70 bits per heavy atom. The van der Waals surface area contributed by atoms with Gasteiger partial charge in [-0.3, -0.25) is 14.2 Å². The van der Waals surface area contributed by atoms with Gasteiger partial charge in [-0.2, -0.15) is 0 Å². The highest BCUT2D eigenvalue weighted by atomic mass is 79.9. The first kappa shape index (κ1) is 17.3. The van der Waals surface area contributed by atoms with Crippen LogP contribution in [0.15, 0.2) is 28.7 Å². The van der Waals surface area contributed by atoms with E-state index in [1.165, 1.54) is 6.92 Å². The molecule has 8 heteroatoms. The highest BCUT2D eigenvalue weighted by Crippen LogP contribution is 2.34. The molecule has 0 radical (unpaired) electrons. The average Bonchev–Trinajstić information content (AvgIpc) is 2.31. The zero-order valence-electron chi connectivity index (χ0n) is 11.0. The number of hydroxylamine groups is 2. The maximum atomic E-state index is 11.4. The summed E-state index contributed by atoms with van der Waals surface area (Å²) in [5.74, 6) is -0.300. The molecule has 0 bridgehead atoms. The second-order valence-corrected chi connectivity index (χ2v) is 6.96. The van der Waals surface area contributed by atoms with Crippen LogP contribution < -0.4 is 0 Å². The summed E-state index contributed by atoms with van der Waals surface area (Å²) in [5, 5.41) is 1.12. The zero-order chi connectivity index (χ0) is 15.2. The Kier molecular flexibility index (Phi) is 6.85. The molecule has 1 amide bonds. The van der Waals surface area contributed by atoms with Crippen LogP contribution in [0.3, 0.4) is 0 Å². The Morgan fingerprint density at radius 1 is 1.45 bits per heavy atom. The first-order chi connectivity index (χ1) is 9.28. The van der Waals surface area contributed by atoms with Crippen LogP contribution in [0, 0.1) is 0 Å². The summed E-state index contributed by atoms with van der Waals surface area (Å²) in [6.45, 7) is 1.71.